The van der Waals surface area contributed by atoms with E-state index in [1.54, 1.807) is 6.20 Å². The molecule has 1 aliphatic rings. The number of aromatic nitrogens is 3. The lowest BCUT2D eigenvalue weighted by molar-refractivity contribution is 0.0657. The van der Waals surface area contributed by atoms with E-state index in [4.69, 9.17) is 4.98 Å². The van der Waals surface area contributed by atoms with Gasteiger partial charge >= 0.3 is 0 Å². The van der Waals surface area contributed by atoms with Crippen LogP contribution in [-0.4, -0.2) is 51.2 Å². The third kappa shape index (κ3) is 2.90. The first-order valence-corrected chi connectivity index (χ1v) is 8.80. The van der Waals surface area contributed by atoms with Crippen LogP contribution in [0.2, 0.25) is 0 Å². The molecule has 0 aromatic carbocycles. The molecule has 0 saturated carbocycles. The average molecular weight is 329 g/mol. The molecule has 0 spiro atoms. The maximum atomic E-state index is 13.2. The highest BCUT2D eigenvalue weighted by Crippen LogP contribution is 2.26. The van der Waals surface area contributed by atoms with Crippen LogP contribution < -0.4 is 5.32 Å². The van der Waals surface area contributed by atoms with E-state index in [0.717, 1.165) is 41.9 Å². The highest BCUT2D eigenvalue weighted by molar-refractivity contribution is 6.05. The molecule has 2 aromatic heterocycles. The van der Waals surface area contributed by atoms with Crippen molar-refractivity contribution in [3.8, 4) is 0 Å². The smallest absolute Gasteiger partial charge is 0.255 e. The Bertz CT molecular complexity index is 749. The fourth-order valence-electron chi connectivity index (χ4n) is 3.19. The second-order valence-electron chi connectivity index (χ2n) is 7.22. The quantitative estimate of drug-likeness (QED) is 0.940. The highest BCUT2D eigenvalue weighted by Gasteiger charge is 2.27. The molecular formula is C18H27N5O. The van der Waals surface area contributed by atoms with Crippen LogP contribution in [0.1, 0.15) is 62.6 Å². The van der Waals surface area contributed by atoms with Gasteiger partial charge in [0, 0.05) is 37.4 Å². The largest absolute Gasteiger partial charge is 0.333 e. The number of amides is 1. The van der Waals surface area contributed by atoms with E-state index in [0.29, 0.717) is 0 Å². The van der Waals surface area contributed by atoms with Gasteiger partial charge in [-0.25, -0.2) is 9.67 Å². The molecule has 1 fully saturated rings. The molecule has 0 bridgehead atoms. The summed E-state index contributed by atoms with van der Waals surface area (Å²) in [6.07, 6.45) is 1.78. The molecule has 3 heterocycles. The minimum absolute atomic E-state index is 0.0848. The Kier molecular flexibility index (Phi) is 4.58. The zero-order chi connectivity index (χ0) is 17.4. The van der Waals surface area contributed by atoms with Gasteiger partial charge in [-0.05, 0) is 32.8 Å². The maximum absolute atomic E-state index is 13.2. The van der Waals surface area contributed by atoms with Crippen molar-refractivity contribution in [2.75, 3.05) is 19.6 Å². The minimum atomic E-state index is 0.0848. The summed E-state index contributed by atoms with van der Waals surface area (Å²) in [7, 11) is 0. The molecule has 1 aliphatic heterocycles. The molecule has 1 N–H and O–H groups in total. The van der Waals surface area contributed by atoms with Gasteiger partial charge in [0.05, 0.1) is 17.1 Å². The van der Waals surface area contributed by atoms with Gasteiger partial charge in [0.1, 0.15) is 0 Å². The number of carbonyl (C=O) groups is 1. The first-order chi connectivity index (χ1) is 11.4. The topological polar surface area (TPSA) is 63.1 Å². The summed E-state index contributed by atoms with van der Waals surface area (Å²) in [4.78, 5) is 20.0. The average Bonchev–Trinajstić information content (AvgIpc) is 2.97. The lowest BCUT2D eigenvalue weighted by Crippen LogP contribution is -2.52. The van der Waals surface area contributed by atoms with Crippen LogP contribution in [0, 0.1) is 0 Å². The van der Waals surface area contributed by atoms with Crippen molar-refractivity contribution in [1.82, 2.24) is 25.0 Å². The fraction of sp³-hybridized carbons (Fsp3) is 0.611. The van der Waals surface area contributed by atoms with Crippen LogP contribution in [0.4, 0.5) is 0 Å². The van der Waals surface area contributed by atoms with E-state index in [1.165, 1.54) is 0 Å². The molecule has 1 saturated heterocycles. The van der Waals surface area contributed by atoms with Crippen LogP contribution in [0.25, 0.3) is 11.0 Å². The Balaban J connectivity index is 2.13. The summed E-state index contributed by atoms with van der Waals surface area (Å²) >= 11 is 0. The van der Waals surface area contributed by atoms with Crippen LogP contribution in [0.3, 0.4) is 0 Å². The van der Waals surface area contributed by atoms with Gasteiger partial charge in [0.25, 0.3) is 5.91 Å². The molecule has 3 rings (SSSR count). The summed E-state index contributed by atoms with van der Waals surface area (Å²) in [5.41, 5.74) is 2.47. The van der Waals surface area contributed by atoms with Crippen molar-refractivity contribution >= 4 is 16.9 Å². The summed E-state index contributed by atoms with van der Waals surface area (Å²) in [5.74, 6) is 0.346. The van der Waals surface area contributed by atoms with E-state index < -0.39 is 0 Å². The first-order valence-electron chi connectivity index (χ1n) is 8.80. The Labute approximate surface area is 143 Å². The van der Waals surface area contributed by atoms with Crippen LogP contribution in [0.5, 0.6) is 0 Å². The number of nitrogens with zero attached hydrogens (tertiary/aromatic N) is 4. The molecule has 0 unspecified atom stereocenters. The highest BCUT2D eigenvalue weighted by atomic mass is 16.2. The van der Waals surface area contributed by atoms with Gasteiger partial charge in [-0.15, -0.1) is 0 Å². The van der Waals surface area contributed by atoms with Crippen molar-refractivity contribution in [3.63, 3.8) is 0 Å². The standard InChI is InChI=1S/C18H27N5O/c1-11(2)16-8-14(18(24)22-7-6-19-9-13(22)5)15-10-20-23(12(3)4)17(15)21-16/h8,10-13,19H,6-7,9H2,1-5H3/t13-/m1/s1. The number of fused-ring (bicyclic) bond motifs is 1. The van der Waals surface area contributed by atoms with Crippen LogP contribution in [0.15, 0.2) is 12.3 Å². The van der Waals surface area contributed by atoms with Gasteiger partial charge in [0.2, 0.25) is 0 Å². The Hall–Kier alpha value is -1.95. The normalized spacial score (nSPS) is 18.8. The van der Waals surface area contributed by atoms with E-state index in [2.05, 4.69) is 45.0 Å². The number of pyridine rings is 1. The number of rotatable bonds is 3. The van der Waals surface area contributed by atoms with Gasteiger partial charge in [0.15, 0.2) is 5.65 Å². The SMILES string of the molecule is CC(C)c1cc(C(=O)N2CCNC[C@H]2C)c2cnn(C(C)C)c2n1. The molecular weight excluding hydrogens is 302 g/mol. The van der Waals surface area contributed by atoms with Crippen LogP contribution in [-0.2, 0) is 0 Å². The zero-order valence-corrected chi connectivity index (χ0v) is 15.2. The number of piperazine rings is 1. The number of nitrogens with one attached hydrogen (secondary N) is 1. The summed E-state index contributed by atoms with van der Waals surface area (Å²) in [5, 5.41) is 8.66. The predicted molar refractivity (Wildman–Crippen MR) is 95.4 cm³/mol. The zero-order valence-electron chi connectivity index (χ0n) is 15.2. The van der Waals surface area contributed by atoms with Crippen LogP contribution >= 0.6 is 0 Å². The second kappa shape index (κ2) is 6.51. The summed E-state index contributed by atoms with van der Waals surface area (Å²) in [6.45, 7) is 12.9. The fourth-order valence-corrected chi connectivity index (χ4v) is 3.19. The Morgan fingerprint density at radius 2 is 2.08 bits per heavy atom. The first kappa shape index (κ1) is 16.9. The van der Waals surface area contributed by atoms with Gasteiger partial charge < -0.3 is 10.2 Å². The molecule has 6 heteroatoms. The number of hydrogen-bond donors (Lipinski definition) is 1. The molecule has 6 nitrogen and oxygen atoms in total. The monoisotopic (exact) mass is 329 g/mol. The van der Waals surface area contributed by atoms with E-state index >= 15 is 0 Å². The van der Waals surface area contributed by atoms with Gasteiger partial charge in [-0.2, -0.15) is 5.10 Å². The van der Waals surface area contributed by atoms with Crippen molar-refractivity contribution in [1.29, 1.82) is 0 Å². The van der Waals surface area contributed by atoms with Crippen molar-refractivity contribution in [3.05, 3.63) is 23.5 Å². The van der Waals surface area contributed by atoms with E-state index in [1.807, 2.05) is 15.6 Å². The van der Waals surface area contributed by atoms with Crippen molar-refractivity contribution in [2.24, 2.45) is 0 Å². The maximum Gasteiger partial charge on any atom is 0.255 e. The van der Waals surface area contributed by atoms with E-state index in [-0.39, 0.29) is 23.9 Å². The van der Waals surface area contributed by atoms with Crippen molar-refractivity contribution < 1.29 is 4.79 Å². The van der Waals surface area contributed by atoms with Gasteiger partial charge in [-0.1, -0.05) is 13.8 Å². The van der Waals surface area contributed by atoms with Crippen molar-refractivity contribution in [2.45, 2.75) is 52.6 Å². The molecule has 130 valence electrons. The second-order valence-corrected chi connectivity index (χ2v) is 7.22. The molecule has 0 aliphatic carbocycles. The third-order valence-electron chi connectivity index (χ3n) is 4.66. The van der Waals surface area contributed by atoms with E-state index in [9.17, 15) is 4.79 Å². The predicted octanol–water partition coefficient (Wildman–Crippen LogP) is 2.57. The molecule has 2 aromatic rings. The molecule has 1 amide bonds. The number of carbonyl (C=O) groups excluding carboxylic acids is 1. The summed E-state index contributed by atoms with van der Waals surface area (Å²) in [6, 6.07) is 2.35. The lowest BCUT2D eigenvalue weighted by atomic mass is 10.0. The Morgan fingerprint density at radius 1 is 1.33 bits per heavy atom. The molecule has 24 heavy (non-hydrogen) atoms. The Morgan fingerprint density at radius 3 is 2.71 bits per heavy atom. The van der Waals surface area contributed by atoms with Gasteiger partial charge in [-0.3, -0.25) is 4.79 Å². The molecule has 1 atom stereocenters. The number of hydrogen-bond acceptors (Lipinski definition) is 4. The third-order valence-corrected chi connectivity index (χ3v) is 4.66. The summed E-state index contributed by atoms with van der Waals surface area (Å²) < 4.78 is 1.90. The lowest BCUT2D eigenvalue weighted by Gasteiger charge is -2.34. The minimum Gasteiger partial charge on any atom is -0.333 e. The molecule has 0 radical (unpaired) electrons.